The van der Waals surface area contributed by atoms with Crippen LogP contribution in [0.4, 0.5) is 0 Å². The van der Waals surface area contributed by atoms with E-state index in [1.165, 1.54) is 140 Å². The van der Waals surface area contributed by atoms with Gasteiger partial charge in [-0.1, -0.05) is 276 Å². The van der Waals surface area contributed by atoms with Gasteiger partial charge in [0.15, 0.2) is 0 Å². The SMILES string of the molecule is C=CCc1ccccc1.CC.CC.CC.CC.ClCc1ccccc1.[2H][C-]=O.[2H][C-]=O.[Ni+2].[Ni].c1ccc(P(C2CCCCC2)C2CCCCC2)cc1.c1ccc(P(C2CCCCC2)C2CCCCC2)cc1. The molecule has 0 aromatic heterocycles. The third-order valence-electron chi connectivity index (χ3n) is 12.2. The fourth-order valence-corrected chi connectivity index (χ4v) is 17.2. The quantitative estimate of drug-likeness (QED) is 0.0418. The van der Waals surface area contributed by atoms with Gasteiger partial charge in [0, 0.05) is 22.4 Å². The van der Waals surface area contributed by atoms with Crippen molar-refractivity contribution < 1.29 is 45.3 Å². The Bertz CT molecular complexity index is 1520. The van der Waals surface area contributed by atoms with Crippen LogP contribution in [0.25, 0.3) is 0 Å². The molecule has 4 aliphatic carbocycles. The van der Waals surface area contributed by atoms with Crippen molar-refractivity contribution in [2.75, 3.05) is 0 Å². The Morgan fingerprint density at radius 1 is 0.464 bits per heavy atom. The van der Waals surface area contributed by atoms with E-state index < -0.39 is 0 Å². The number of benzene rings is 4. The van der Waals surface area contributed by atoms with Crippen molar-refractivity contribution in [3.8, 4) is 0 Å². The summed E-state index contributed by atoms with van der Waals surface area (Å²) in [7, 11) is 0.216. The zero-order valence-electron chi connectivity index (χ0n) is 46.4. The molecule has 394 valence electrons. The van der Waals surface area contributed by atoms with Crippen molar-refractivity contribution >= 4 is 51.6 Å². The van der Waals surface area contributed by atoms with Gasteiger partial charge in [-0.05, 0) is 102 Å². The Morgan fingerprint density at radius 3 is 0.884 bits per heavy atom. The summed E-state index contributed by atoms with van der Waals surface area (Å²) in [4.78, 5) is 16.7. The van der Waals surface area contributed by atoms with E-state index >= 15 is 0 Å². The van der Waals surface area contributed by atoms with Gasteiger partial charge in [0.1, 0.15) is 0 Å². The van der Waals surface area contributed by atoms with E-state index in [0.29, 0.717) is 5.88 Å². The van der Waals surface area contributed by atoms with Crippen molar-refractivity contribution in [2.45, 2.75) is 219 Å². The topological polar surface area (TPSA) is 34.1 Å². The second-order valence-electron chi connectivity index (χ2n) is 16.3. The van der Waals surface area contributed by atoms with E-state index in [9.17, 15) is 0 Å². The number of alkyl halides is 1. The zero-order valence-corrected chi connectivity index (χ0v) is 48.9. The van der Waals surface area contributed by atoms with Crippen LogP contribution in [-0.4, -0.2) is 36.2 Å². The minimum absolute atomic E-state index is 0. The Balaban J connectivity index is -0.000000401. The van der Waals surface area contributed by atoms with Crippen LogP contribution in [0, 0.1) is 0 Å². The maximum Gasteiger partial charge on any atom is 2.00 e. The van der Waals surface area contributed by atoms with Crippen molar-refractivity contribution in [3.05, 3.63) is 145 Å². The maximum atomic E-state index is 8.35. The number of hydrogen-bond acceptors (Lipinski definition) is 2. The summed E-state index contributed by atoms with van der Waals surface area (Å²) >= 11 is 5.53. The molecular formula is C62H97ClNi2O2P2. The van der Waals surface area contributed by atoms with E-state index in [-0.39, 0.29) is 48.8 Å². The molecule has 4 fully saturated rings. The summed E-state index contributed by atoms with van der Waals surface area (Å²) in [6.45, 7) is 21.2. The molecule has 0 N–H and O–H groups in total. The van der Waals surface area contributed by atoms with Crippen LogP contribution < -0.4 is 10.6 Å². The smallest absolute Gasteiger partial charge is 0.545 e. The van der Waals surface area contributed by atoms with Gasteiger partial charge in [-0.25, -0.2) is 0 Å². The summed E-state index contributed by atoms with van der Waals surface area (Å²) in [5.74, 6) is 0.612. The molecule has 4 aromatic rings. The minimum Gasteiger partial charge on any atom is -0.545 e. The first kappa shape index (κ1) is 69.2. The van der Waals surface area contributed by atoms with E-state index in [1.54, 1.807) is 10.6 Å². The fourth-order valence-electron chi connectivity index (χ4n) is 9.42. The summed E-state index contributed by atoms with van der Waals surface area (Å²) in [6, 6.07) is 43.4. The maximum absolute atomic E-state index is 8.35. The first-order chi connectivity index (χ1) is 34.1. The zero-order chi connectivity index (χ0) is 51.6. The second-order valence-corrected chi connectivity index (χ2v) is 22.1. The molecule has 0 radical (unpaired) electrons. The molecule has 8 rings (SSSR count). The third-order valence-corrected chi connectivity index (χ3v) is 19.5. The van der Waals surface area contributed by atoms with Crippen LogP contribution in [-0.2, 0) is 54.9 Å². The molecule has 0 unspecified atom stereocenters. The summed E-state index contributed by atoms with van der Waals surface area (Å²) in [6.07, 6.45) is 32.8. The molecule has 4 saturated carbocycles. The van der Waals surface area contributed by atoms with Crippen LogP contribution in [0.1, 0.15) is 198 Å². The normalized spacial score (nSPS) is 15.5. The molecule has 0 aliphatic heterocycles. The number of rotatable bonds is 9. The van der Waals surface area contributed by atoms with Crippen LogP contribution in [0.3, 0.4) is 0 Å². The van der Waals surface area contributed by atoms with E-state index in [4.69, 9.17) is 23.9 Å². The van der Waals surface area contributed by atoms with Crippen molar-refractivity contribution in [3.63, 3.8) is 0 Å². The molecule has 69 heavy (non-hydrogen) atoms. The molecule has 4 aliphatic rings. The van der Waals surface area contributed by atoms with Crippen LogP contribution >= 0.6 is 27.4 Å². The van der Waals surface area contributed by atoms with E-state index in [1.807, 2.05) is 110 Å². The van der Waals surface area contributed by atoms with Crippen molar-refractivity contribution in [1.29, 1.82) is 0 Å². The van der Waals surface area contributed by atoms with E-state index in [0.717, 1.165) is 42.6 Å². The van der Waals surface area contributed by atoms with Gasteiger partial charge in [-0.3, -0.25) is 13.5 Å². The Labute approximate surface area is 457 Å². The molecule has 4 aromatic carbocycles. The molecule has 0 spiro atoms. The molecule has 7 heteroatoms. The van der Waals surface area contributed by atoms with Gasteiger partial charge in [0.2, 0.25) is 0 Å². The van der Waals surface area contributed by atoms with Crippen molar-refractivity contribution in [1.82, 2.24) is 0 Å². The third kappa shape index (κ3) is 32.7. The predicted molar refractivity (Wildman–Crippen MR) is 309 cm³/mol. The Morgan fingerprint density at radius 2 is 0.681 bits per heavy atom. The molecule has 0 atom stereocenters. The van der Waals surface area contributed by atoms with Gasteiger partial charge < -0.3 is 9.59 Å². The van der Waals surface area contributed by atoms with Gasteiger partial charge in [0.05, 0.1) is 0 Å². The predicted octanol–water partition coefficient (Wildman–Crippen LogP) is 19.3. The monoisotopic (exact) mass is 1090 g/mol. The average Bonchev–Trinajstić information content (AvgIpc) is 3.44. The van der Waals surface area contributed by atoms with Crippen LogP contribution in [0.15, 0.2) is 134 Å². The van der Waals surface area contributed by atoms with Crippen molar-refractivity contribution in [2.24, 2.45) is 0 Å². The first-order valence-corrected chi connectivity index (χ1v) is 30.1. The molecular weight excluding hydrogens is 991 g/mol. The minimum atomic E-state index is 0. The van der Waals surface area contributed by atoms with Gasteiger partial charge in [-0.15, -0.1) is 18.2 Å². The van der Waals surface area contributed by atoms with Gasteiger partial charge in [0.25, 0.3) is 0 Å². The number of halogens is 1. The second kappa shape index (κ2) is 55.4. The number of carbonyl (C=O) groups excluding carboxylic acids is 2. The summed E-state index contributed by atoms with van der Waals surface area (Å²) in [5.41, 5.74) is 6.65. The Hall–Kier alpha value is -1.90. The summed E-state index contributed by atoms with van der Waals surface area (Å²) < 4.78 is 10.8. The van der Waals surface area contributed by atoms with Gasteiger partial charge >= 0.3 is 16.5 Å². The first-order valence-electron chi connectivity index (χ1n) is 27.6. The van der Waals surface area contributed by atoms with Gasteiger partial charge in [-0.2, -0.15) is 2.74 Å². The van der Waals surface area contributed by atoms with Crippen LogP contribution in [0.5, 0.6) is 0 Å². The summed E-state index contributed by atoms with van der Waals surface area (Å²) in [5, 5.41) is 3.41. The standard InChI is InChI=1S/2C18H27P.C9H10.C7H7Cl.4C2H6.2CHO.2Ni/c2*1-4-10-16(11-5-1)19(17-12-6-2-7-13-17)18-14-8-3-9-15-18;1-2-6-9-7-4-3-5-8-9;8-6-7-4-2-1-3-5-7;6*1-2;;/h2*1,4-5,10-11,17-18H,2-3,6-9,12-15H2;2-5,7-8H,1,6H2;1-5H,6H2;4*1-2H3;2*1H;;/q;;;;;;;;2*-1;;+2/i;;;;;;;;2*1D;;. The molecule has 0 heterocycles. The average molecular weight is 1090 g/mol. The fraction of sp³-hybridized carbons (Fsp3) is 0.548. The van der Waals surface area contributed by atoms with Crippen LogP contribution in [0.2, 0.25) is 0 Å². The largest absolute Gasteiger partial charge is 2.00 e. The molecule has 0 amide bonds. The molecule has 0 saturated heterocycles. The van der Waals surface area contributed by atoms with E-state index in [2.05, 4.69) is 79.4 Å². The molecule has 0 bridgehead atoms. The number of allylic oxidation sites excluding steroid dienone is 1. The molecule has 2 nitrogen and oxygen atoms in total. The Kier molecular flexibility index (Phi) is 55.6. The number of hydrogen-bond donors (Lipinski definition) is 0.